The van der Waals surface area contributed by atoms with Crippen molar-refractivity contribution in [2.45, 2.75) is 32.2 Å². The first kappa shape index (κ1) is 9.53. The maximum absolute atomic E-state index is 5.90. The monoisotopic (exact) mass is 191 g/mol. The predicted molar refractivity (Wildman–Crippen MR) is 57.6 cm³/mol. The third kappa shape index (κ3) is 1.50. The summed E-state index contributed by atoms with van der Waals surface area (Å²) >= 11 is 0. The molecule has 0 unspecified atom stereocenters. The molecule has 0 aliphatic heterocycles. The topological polar surface area (TPSA) is 35.2 Å². The van der Waals surface area contributed by atoms with Crippen molar-refractivity contribution in [3.63, 3.8) is 0 Å². The van der Waals surface area contributed by atoms with Gasteiger partial charge in [-0.25, -0.2) is 0 Å². The molecule has 0 amide bonds. The van der Waals surface area contributed by atoms with Gasteiger partial charge in [0.1, 0.15) is 5.75 Å². The molecule has 0 bridgehead atoms. The zero-order chi connectivity index (χ0) is 10.1. The molecular weight excluding hydrogens is 174 g/mol. The average Bonchev–Trinajstić information content (AvgIpc) is 2.62. The highest BCUT2D eigenvalue weighted by atomic mass is 16.5. The third-order valence-electron chi connectivity index (χ3n) is 2.93. The highest BCUT2D eigenvalue weighted by Gasteiger charge is 2.16. The Bertz CT molecular complexity index is 344. The molecule has 2 nitrogen and oxygen atoms in total. The maximum Gasteiger partial charge on any atom is 0.123 e. The number of methoxy groups -OCH3 is 1. The first-order valence-electron chi connectivity index (χ1n) is 5.17. The molecule has 0 saturated carbocycles. The number of fused-ring (bicyclic) bond motifs is 1. The van der Waals surface area contributed by atoms with E-state index in [4.69, 9.17) is 10.5 Å². The molecule has 0 spiro atoms. The van der Waals surface area contributed by atoms with Crippen LogP contribution in [-0.2, 0) is 12.8 Å². The van der Waals surface area contributed by atoms with E-state index in [-0.39, 0.29) is 6.04 Å². The maximum atomic E-state index is 5.90. The van der Waals surface area contributed by atoms with Gasteiger partial charge in [0, 0.05) is 11.6 Å². The van der Waals surface area contributed by atoms with Crippen LogP contribution in [0.15, 0.2) is 12.1 Å². The Morgan fingerprint density at radius 2 is 1.93 bits per heavy atom. The van der Waals surface area contributed by atoms with Gasteiger partial charge in [0.25, 0.3) is 0 Å². The van der Waals surface area contributed by atoms with Gasteiger partial charge < -0.3 is 10.5 Å². The molecule has 0 heterocycles. The molecule has 76 valence electrons. The molecular formula is C12H17NO. The van der Waals surface area contributed by atoms with Gasteiger partial charge in [0.2, 0.25) is 0 Å². The highest BCUT2D eigenvalue weighted by molar-refractivity contribution is 5.45. The molecule has 1 aliphatic rings. The van der Waals surface area contributed by atoms with Crippen LogP contribution in [0.1, 0.15) is 36.1 Å². The van der Waals surface area contributed by atoms with Crippen molar-refractivity contribution in [3.8, 4) is 5.75 Å². The summed E-state index contributed by atoms with van der Waals surface area (Å²) in [6, 6.07) is 4.42. The number of aryl methyl sites for hydroxylation is 2. The van der Waals surface area contributed by atoms with E-state index in [1.807, 2.05) is 6.92 Å². The van der Waals surface area contributed by atoms with Gasteiger partial charge >= 0.3 is 0 Å². The van der Waals surface area contributed by atoms with E-state index in [0.717, 1.165) is 11.3 Å². The van der Waals surface area contributed by atoms with Crippen molar-refractivity contribution in [2.75, 3.05) is 7.11 Å². The number of ether oxygens (including phenoxy) is 1. The zero-order valence-corrected chi connectivity index (χ0v) is 8.84. The number of hydrogen-bond donors (Lipinski definition) is 1. The second-order valence-electron chi connectivity index (χ2n) is 4.01. The van der Waals surface area contributed by atoms with E-state index in [1.54, 1.807) is 7.11 Å². The van der Waals surface area contributed by atoms with Crippen molar-refractivity contribution in [2.24, 2.45) is 5.73 Å². The molecule has 0 saturated heterocycles. The van der Waals surface area contributed by atoms with Crippen LogP contribution in [0.4, 0.5) is 0 Å². The normalized spacial score (nSPS) is 16.5. The second-order valence-corrected chi connectivity index (χ2v) is 4.01. The lowest BCUT2D eigenvalue weighted by atomic mass is 10.0. The van der Waals surface area contributed by atoms with E-state index < -0.39 is 0 Å². The highest BCUT2D eigenvalue weighted by Crippen LogP contribution is 2.32. The van der Waals surface area contributed by atoms with Gasteiger partial charge in [0.15, 0.2) is 0 Å². The molecule has 0 aromatic heterocycles. The van der Waals surface area contributed by atoms with Crippen LogP contribution in [-0.4, -0.2) is 7.11 Å². The summed E-state index contributed by atoms with van der Waals surface area (Å²) in [6.45, 7) is 2.00. The lowest BCUT2D eigenvalue weighted by Gasteiger charge is -2.14. The Balaban J connectivity index is 2.49. The number of benzene rings is 1. The molecule has 0 fully saturated rings. The van der Waals surface area contributed by atoms with Crippen molar-refractivity contribution in [3.05, 3.63) is 28.8 Å². The lowest BCUT2D eigenvalue weighted by molar-refractivity contribution is 0.406. The Hall–Kier alpha value is -1.02. The largest absolute Gasteiger partial charge is 0.496 e. The first-order valence-corrected chi connectivity index (χ1v) is 5.17. The summed E-state index contributed by atoms with van der Waals surface area (Å²) in [6.07, 6.45) is 3.64. The Morgan fingerprint density at radius 3 is 2.50 bits per heavy atom. The van der Waals surface area contributed by atoms with Gasteiger partial charge in [-0.2, -0.15) is 0 Å². The van der Waals surface area contributed by atoms with Crippen molar-refractivity contribution in [1.29, 1.82) is 0 Å². The van der Waals surface area contributed by atoms with Crippen LogP contribution in [0.3, 0.4) is 0 Å². The van der Waals surface area contributed by atoms with Gasteiger partial charge in [-0.1, -0.05) is 6.07 Å². The standard InChI is InChI=1S/C12H17NO/c1-8(13)11-6-9-4-3-5-10(9)7-12(11)14-2/h6-8H,3-5,13H2,1-2H3/t8-/m0/s1. The molecule has 14 heavy (non-hydrogen) atoms. The van der Waals surface area contributed by atoms with E-state index in [9.17, 15) is 0 Å². The lowest BCUT2D eigenvalue weighted by Crippen LogP contribution is -2.07. The summed E-state index contributed by atoms with van der Waals surface area (Å²) in [5, 5.41) is 0. The van der Waals surface area contributed by atoms with E-state index >= 15 is 0 Å². The minimum absolute atomic E-state index is 0.0517. The van der Waals surface area contributed by atoms with Gasteiger partial charge in [-0.05, 0) is 43.4 Å². The van der Waals surface area contributed by atoms with Crippen LogP contribution in [0.25, 0.3) is 0 Å². The van der Waals surface area contributed by atoms with E-state index in [1.165, 1.54) is 30.4 Å². The Morgan fingerprint density at radius 1 is 1.29 bits per heavy atom. The fraction of sp³-hybridized carbons (Fsp3) is 0.500. The van der Waals surface area contributed by atoms with Crippen LogP contribution in [0, 0.1) is 0 Å². The van der Waals surface area contributed by atoms with E-state index in [0.29, 0.717) is 0 Å². The first-order chi connectivity index (χ1) is 6.72. The molecule has 1 aliphatic carbocycles. The SMILES string of the molecule is COc1cc2c(cc1[C@H](C)N)CCC2. The number of nitrogens with two attached hydrogens (primary N) is 1. The summed E-state index contributed by atoms with van der Waals surface area (Å²) in [4.78, 5) is 0. The minimum Gasteiger partial charge on any atom is -0.496 e. The second kappa shape index (κ2) is 3.62. The predicted octanol–water partition coefficient (Wildman–Crippen LogP) is 2.20. The number of hydrogen-bond acceptors (Lipinski definition) is 2. The van der Waals surface area contributed by atoms with Gasteiger partial charge in [-0.15, -0.1) is 0 Å². The molecule has 0 radical (unpaired) electrons. The quantitative estimate of drug-likeness (QED) is 0.777. The fourth-order valence-corrected chi connectivity index (χ4v) is 2.15. The van der Waals surface area contributed by atoms with Gasteiger partial charge in [-0.3, -0.25) is 0 Å². The Kier molecular flexibility index (Phi) is 2.46. The molecule has 2 rings (SSSR count). The zero-order valence-electron chi connectivity index (χ0n) is 8.84. The van der Waals surface area contributed by atoms with Crippen LogP contribution >= 0.6 is 0 Å². The van der Waals surface area contributed by atoms with Crippen LogP contribution in [0.2, 0.25) is 0 Å². The van der Waals surface area contributed by atoms with Crippen molar-refractivity contribution in [1.82, 2.24) is 0 Å². The summed E-state index contributed by atoms with van der Waals surface area (Å²) in [5.74, 6) is 0.945. The Labute approximate surface area is 85.1 Å². The van der Waals surface area contributed by atoms with Gasteiger partial charge in [0.05, 0.1) is 7.11 Å². The molecule has 2 N–H and O–H groups in total. The molecule has 2 heteroatoms. The minimum atomic E-state index is 0.0517. The summed E-state index contributed by atoms with van der Waals surface area (Å²) < 4.78 is 5.35. The number of rotatable bonds is 2. The summed E-state index contributed by atoms with van der Waals surface area (Å²) in [5.41, 5.74) is 9.93. The van der Waals surface area contributed by atoms with E-state index in [2.05, 4.69) is 12.1 Å². The summed E-state index contributed by atoms with van der Waals surface area (Å²) in [7, 11) is 1.71. The third-order valence-corrected chi connectivity index (χ3v) is 2.93. The van der Waals surface area contributed by atoms with Crippen molar-refractivity contribution < 1.29 is 4.74 Å². The van der Waals surface area contributed by atoms with Crippen LogP contribution in [0.5, 0.6) is 5.75 Å². The van der Waals surface area contributed by atoms with Crippen LogP contribution < -0.4 is 10.5 Å². The van der Waals surface area contributed by atoms with Crippen molar-refractivity contribution >= 4 is 0 Å². The smallest absolute Gasteiger partial charge is 0.123 e. The molecule has 1 atom stereocenters. The molecule has 1 aromatic carbocycles. The fourth-order valence-electron chi connectivity index (χ4n) is 2.15. The molecule has 1 aromatic rings. The average molecular weight is 191 g/mol.